The summed E-state index contributed by atoms with van der Waals surface area (Å²) in [5.74, 6) is -1.14. The Balaban J connectivity index is 1.74. The van der Waals surface area contributed by atoms with Gasteiger partial charge in [0.25, 0.3) is 0 Å². The van der Waals surface area contributed by atoms with Crippen LogP contribution in [0, 0.1) is 5.82 Å². The summed E-state index contributed by atoms with van der Waals surface area (Å²) in [5.41, 5.74) is 1.30. The fourth-order valence-corrected chi connectivity index (χ4v) is 5.99. The number of methoxy groups -OCH3 is 1. The maximum atomic E-state index is 14.7. The number of nitrogens with one attached hydrogen (secondary N) is 1. The van der Waals surface area contributed by atoms with Gasteiger partial charge in [-0.15, -0.1) is 0 Å². The lowest BCUT2D eigenvalue weighted by molar-refractivity contribution is -0.140. The quantitative estimate of drug-likeness (QED) is 0.344. The van der Waals surface area contributed by atoms with Crippen LogP contribution in [0.3, 0.4) is 0 Å². The van der Waals surface area contributed by atoms with E-state index in [-0.39, 0.29) is 30.6 Å². The average molecular weight is 582 g/mol. The van der Waals surface area contributed by atoms with Gasteiger partial charge in [0, 0.05) is 19.0 Å². The number of para-hydroxylation sites is 1. The number of sulfonamides is 1. The first-order chi connectivity index (χ1) is 19.7. The monoisotopic (exact) mass is 581 g/mol. The van der Waals surface area contributed by atoms with E-state index in [1.165, 1.54) is 30.2 Å². The Kier molecular flexibility index (Phi) is 9.99. The standard InChI is InChI=1S/C31H36FN3O5S/c1-40-26-16-10-13-24(19-26)21-34(30(36)22-35(41(2,38)39)28-18-9-8-17-27(28)32)29(20-23-11-4-3-5-12-23)31(37)33-25-14-6-7-15-25/h3-5,8-13,16-19,25,29H,6-7,14-15,20-22H2,1-2H3,(H,33,37)/t29-/m0/s1. The normalized spacial score (nSPS) is 14.3. The number of carbonyl (C=O) groups excluding carboxylic acids is 2. The third kappa shape index (κ3) is 8.07. The first-order valence-electron chi connectivity index (χ1n) is 13.6. The van der Waals surface area contributed by atoms with E-state index in [1.54, 1.807) is 18.2 Å². The predicted molar refractivity (Wildman–Crippen MR) is 156 cm³/mol. The second-order valence-electron chi connectivity index (χ2n) is 10.3. The number of nitrogens with zero attached hydrogens (tertiary/aromatic N) is 2. The minimum atomic E-state index is -4.05. The smallest absolute Gasteiger partial charge is 0.244 e. The number of halogens is 1. The van der Waals surface area contributed by atoms with Gasteiger partial charge in [0.1, 0.15) is 24.2 Å². The fourth-order valence-electron chi connectivity index (χ4n) is 5.14. The van der Waals surface area contributed by atoms with Crippen LogP contribution in [-0.4, -0.2) is 57.1 Å². The molecule has 0 radical (unpaired) electrons. The summed E-state index contributed by atoms with van der Waals surface area (Å²) in [6.45, 7) is -0.660. The third-order valence-corrected chi connectivity index (χ3v) is 8.39. The number of carbonyl (C=O) groups is 2. The number of amides is 2. The molecule has 2 amide bonds. The molecule has 3 aromatic carbocycles. The molecule has 0 bridgehead atoms. The Morgan fingerprint density at radius 1 is 0.976 bits per heavy atom. The third-order valence-electron chi connectivity index (χ3n) is 7.26. The van der Waals surface area contributed by atoms with Crippen LogP contribution in [0.1, 0.15) is 36.8 Å². The highest BCUT2D eigenvalue weighted by Gasteiger charge is 2.34. The molecule has 8 nitrogen and oxygen atoms in total. The van der Waals surface area contributed by atoms with Gasteiger partial charge < -0.3 is 15.0 Å². The predicted octanol–water partition coefficient (Wildman–Crippen LogP) is 4.30. The molecule has 1 aliphatic carbocycles. The Morgan fingerprint density at radius 3 is 2.29 bits per heavy atom. The molecular weight excluding hydrogens is 545 g/mol. The van der Waals surface area contributed by atoms with Crippen molar-refractivity contribution in [3.05, 3.63) is 95.8 Å². The van der Waals surface area contributed by atoms with Crippen LogP contribution in [0.2, 0.25) is 0 Å². The molecule has 218 valence electrons. The molecule has 4 rings (SSSR count). The second kappa shape index (κ2) is 13.6. The molecule has 1 fully saturated rings. The van der Waals surface area contributed by atoms with Gasteiger partial charge in [-0.2, -0.15) is 0 Å². The van der Waals surface area contributed by atoms with Gasteiger partial charge in [0.05, 0.1) is 19.1 Å². The van der Waals surface area contributed by atoms with Crippen molar-refractivity contribution in [3.8, 4) is 5.75 Å². The van der Waals surface area contributed by atoms with E-state index < -0.39 is 34.3 Å². The summed E-state index contributed by atoms with van der Waals surface area (Å²) in [6.07, 6.45) is 4.91. The first-order valence-corrected chi connectivity index (χ1v) is 15.5. The zero-order valence-electron chi connectivity index (χ0n) is 23.3. The summed E-state index contributed by atoms with van der Waals surface area (Å²) in [5, 5.41) is 3.12. The molecule has 41 heavy (non-hydrogen) atoms. The van der Waals surface area contributed by atoms with Crippen molar-refractivity contribution in [1.82, 2.24) is 10.2 Å². The molecule has 0 spiro atoms. The van der Waals surface area contributed by atoms with Gasteiger partial charge in [0.15, 0.2) is 0 Å². The lowest BCUT2D eigenvalue weighted by Gasteiger charge is -2.34. The molecular formula is C31H36FN3O5S. The molecule has 0 aliphatic heterocycles. The summed E-state index contributed by atoms with van der Waals surface area (Å²) in [6, 6.07) is 20.9. The van der Waals surface area contributed by atoms with Gasteiger partial charge in [-0.05, 0) is 48.2 Å². The van der Waals surface area contributed by atoms with E-state index in [0.29, 0.717) is 11.3 Å². The molecule has 1 N–H and O–H groups in total. The number of anilines is 1. The number of rotatable bonds is 12. The number of benzene rings is 3. The maximum absolute atomic E-state index is 14.7. The summed E-state index contributed by atoms with van der Waals surface area (Å²) >= 11 is 0. The van der Waals surface area contributed by atoms with Crippen molar-refractivity contribution in [2.45, 2.75) is 50.7 Å². The molecule has 10 heteroatoms. The number of hydrogen-bond acceptors (Lipinski definition) is 5. The Morgan fingerprint density at radius 2 is 1.63 bits per heavy atom. The number of ether oxygens (including phenoxy) is 1. The lowest BCUT2D eigenvalue weighted by atomic mass is 10.0. The van der Waals surface area contributed by atoms with E-state index in [2.05, 4.69) is 5.32 Å². The Labute approximate surface area is 241 Å². The summed E-state index contributed by atoms with van der Waals surface area (Å²) < 4.78 is 46.5. The molecule has 0 unspecified atom stereocenters. The van der Waals surface area contributed by atoms with Crippen molar-refractivity contribution in [1.29, 1.82) is 0 Å². The van der Waals surface area contributed by atoms with Crippen LogP contribution in [-0.2, 0) is 32.6 Å². The van der Waals surface area contributed by atoms with Crippen LogP contribution in [0.5, 0.6) is 5.75 Å². The minimum Gasteiger partial charge on any atom is -0.497 e. The van der Waals surface area contributed by atoms with E-state index >= 15 is 0 Å². The van der Waals surface area contributed by atoms with Gasteiger partial charge >= 0.3 is 0 Å². The molecule has 0 heterocycles. The van der Waals surface area contributed by atoms with Crippen molar-refractivity contribution < 1.29 is 27.1 Å². The largest absolute Gasteiger partial charge is 0.497 e. The van der Waals surface area contributed by atoms with Crippen LogP contribution < -0.4 is 14.4 Å². The minimum absolute atomic E-state index is 0.0143. The van der Waals surface area contributed by atoms with Crippen molar-refractivity contribution >= 4 is 27.5 Å². The molecule has 1 atom stereocenters. The molecule has 0 saturated heterocycles. The molecule has 1 saturated carbocycles. The van der Waals surface area contributed by atoms with E-state index in [0.717, 1.165) is 47.9 Å². The zero-order chi connectivity index (χ0) is 29.4. The molecule has 3 aromatic rings. The SMILES string of the molecule is COc1cccc(CN(C(=O)CN(c2ccccc2F)S(C)(=O)=O)[C@@H](Cc2ccccc2)C(=O)NC2CCCC2)c1. The average Bonchev–Trinajstić information content (AvgIpc) is 3.47. The highest BCUT2D eigenvalue weighted by Crippen LogP contribution is 2.24. The molecule has 1 aliphatic rings. The topological polar surface area (TPSA) is 96.0 Å². The second-order valence-corrected chi connectivity index (χ2v) is 12.2. The highest BCUT2D eigenvalue weighted by molar-refractivity contribution is 7.92. The summed E-state index contributed by atoms with van der Waals surface area (Å²) in [7, 11) is -2.52. The Bertz CT molecular complexity index is 1440. The first kappa shape index (κ1) is 30.0. The van der Waals surface area contributed by atoms with E-state index in [1.807, 2.05) is 36.4 Å². The maximum Gasteiger partial charge on any atom is 0.244 e. The van der Waals surface area contributed by atoms with E-state index in [9.17, 15) is 22.4 Å². The van der Waals surface area contributed by atoms with Gasteiger partial charge in [-0.1, -0.05) is 67.4 Å². The van der Waals surface area contributed by atoms with Crippen LogP contribution in [0.15, 0.2) is 78.9 Å². The zero-order valence-corrected chi connectivity index (χ0v) is 24.1. The van der Waals surface area contributed by atoms with Gasteiger partial charge in [-0.3, -0.25) is 13.9 Å². The van der Waals surface area contributed by atoms with Crippen molar-refractivity contribution in [3.63, 3.8) is 0 Å². The van der Waals surface area contributed by atoms with E-state index in [4.69, 9.17) is 4.74 Å². The lowest BCUT2D eigenvalue weighted by Crippen LogP contribution is -2.54. The Hall–Kier alpha value is -3.92. The summed E-state index contributed by atoms with van der Waals surface area (Å²) in [4.78, 5) is 29.3. The van der Waals surface area contributed by atoms with Crippen molar-refractivity contribution in [2.24, 2.45) is 0 Å². The van der Waals surface area contributed by atoms with Gasteiger partial charge in [0.2, 0.25) is 21.8 Å². The van der Waals surface area contributed by atoms with Gasteiger partial charge in [-0.25, -0.2) is 12.8 Å². The van der Waals surface area contributed by atoms with Crippen molar-refractivity contribution in [2.75, 3.05) is 24.2 Å². The molecule has 0 aromatic heterocycles. The fraction of sp³-hybridized carbons (Fsp3) is 0.355. The highest BCUT2D eigenvalue weighted by atomic mass is 32.2. The van der Waals surface area contributed by atoms with Crippen LogP contribution >= 0.6 is 0 Å². The van der Waals surface area contributed by atoms with Crippen LogP contribution in [0.4, 0.5) is 10.1 Å². The van der Waals surface area contributed by atoms with Crippen LogP contribution in [0.25, 0.3) is 0 Å². The number of hydrogen-bond donors (Lipinski definition) is 1.